The molecule has 0 bridgehead atoms. The van der Waals surface area contributed by atoms with Gasteiger partial charge in [0.05, 0.1) is 0 Å². The van der Waals surface area contributed by atoms with Gasteiger partial charge in [-0.15, -0.1) is 0 Å². The van der Waals surface area contributed by atoms with Crippen LogP contribution < -0.4 is 5.32 Å². The van der Waals surface area contributed by atoms with Crippen molar-refractivity contribution in [3.05, 3.63) is 12.3 Å². The highest BCUT2D eigenvalue weighted by atomic mass is 14.9. The SMILES string of the molecule is C=C(NC)C1CC1CC. The third-order valence-electron chi connectivity index (χ3n) is 2.22. The Morgan fingerprint density at radius 2 is 2.44 bits per heavy atom. The Hall–Kier alpha value is -0.460. The summed E-state index contributed by atoms with van der Waals surface area (Å²) in [6, 6.07) is 0. The van der Waals surface area contributed by atoms with Crippen molar-refractivity contribution in [2.75, 3.05) is 7.05 Å². The van der Waals surface area contributed by atoms with Gasteiger partial charge in [-0.1, -0.05) is 19.9 Å². The quantitative estimate of drug-likeness (QED) is 0.606. The second kappa shape index (κ2) is 2.42. The molecule has 1 heteroatoms. The molecule has 0 spiro atoms. The molecule has 1 fully saturated rings. The molecule has 0 aromatic rings. The number of nitrogens with one attached hydrogen (secondary N) is 1. The lowest BCUT2D eigenvalue weighted by atomic mass is 10.2. The maximum Gasteiger partial charge on any atom is 0.00654 e. The van der Waals surface area contributed by atoms with Crippen molar-refractivity contribution < 1.29 is 0 Å². The summed E-state index contributed by atoms with van der Waals surface area (Å²) in [5, 5.41) is 3.10. The van der Waals surface area contributed by atoms with E-state index in [0.29, 0.717) is 0 Å². The minimum atomic E-state index is 0.792. The average molecular weight is 125 g/mol. The standard InChI is InChI=1S/C8H15N/c1-4-7-5-8(7)6(2)9-3/h7-9H,2,4-5H2,1,3H3. The second-order valence-electron chi connectivity index (χ2n) is 2.79. The topological polar surface area (TPSA) is 12.0 Å². The van der Waals surface area contributed by atoms with E-state index >= 15 is 0 Å². The molecule has 2 atom stereocenters. The molecule has 2 unspecified atom stereocenters. The molecule has 0 amide bonds. The third kappa shape index (κ3) is 1.26. The molecular formula is C8H15N. The summed E-state index contributed by atoms with van der Waals surface area (Å²) in [6.07, 6.45) is 2.67. The van der Waals surface area contributed by atoms with Crippen molar-refractivity contribution in [2.24, 2.45) is 11.8 Å². The van der Waals surface area contributed by atoms with Crippen LogP contribution in [-0.4, -0.2) is 7.05 Å². The Labute approximate surface area is 57.1 Å². The van der Waals surface area contributed by atoms with Gasteiger partial charge in [0.1, 0.15) is 0 Å². The van der Waals surface area contributed by atoms with Crippen LogP contribution >= 0.6 is 0 Å². The highest BCUT2D eigenvalue weighted by Gasteiger charge is 2.36. The zero-order valence-electron chi connectivity index (χ0n) is 6.28. The van der Waals surface area contributed by atoms with Crippen LogP contribution in [0.25, 0.3) is 0 Å². The smallest absolute Gasteiger partial charge is 0.00654 e. The zero-order valence-corrected chi connectivity index (χ0v) is 6.28. The molecule has 0 saturated heterocycles. The fourth-order valence-corrected chi connectivity index (χ4v) is 1.31. The molecule has 9 heavy (non-hydrogen) atoms. The molecule has 52 valence electrons. The van der Waals surface area contributed by atoms with E-state index in [1.807, 2.05) is 7.05 Å². The van der Waals surface area contributed by atoms with Crippen LogP contribution in [0.4, 0.5) is 0 Å². The average Bonchev–Trinajstić information content (AvgIpc) is 2.64. The fourth-order valence-electron chi connectivity index (χ4n) is 1.31. The lowest BCUT2D eigenvalue weighted by Gasteiger charge is -2.00. The van der Waals surface area contributed by atoms with Gasteiger partial charge in [-0.25, -0.2) is 0 Å². The number of hydrogen-bond donors (Lipinski definition) is 1. The predicted octanol–water partition coefficient (Wildman–Crippen LogP) is 1.77. The molecule has 1 rings (SSSR count). The van der Waals surface area contributed by atoms with Crippen LogP contribution in [0.1, 0.15) is 19.8 Å². The van der Waals surface area contributed by atoms with E-state index in [-0.39, 0.29) is 0 Å². The van der Waals surface area contributed by atoms with Crippen LogP contribution in [0.5, 0.6) is 0 Å². The Morgan fingerprint density at radius 1 is 1.78 bits per heavy atom. The van der Waals surface area contributed by atoms with Crippen molar-refractivity contribution >= 4 is 0 Å². The Balaban J connectivity index is 2.25. The largest absolute Gasteiger partial charge is 0.392 e. The minimum absolute atomic E-state index is 0.792. The zero-order chi connectivity index (χ0) is 6.85. The first-order valence-electron chi connectivity index (χ1n) is 3.66. The summed E-state index contributed by atoms with van der Waals surface area (Å²) in [5.74, 6) is 1.73. The monoisotopic (exact) mass is 125 g/mol. The molecule has 1 N–H and O–H groups in total. The van der Waals surface area contributed by atoms with Crippen molar-refractivity contribution in [3.63, 3.8) is 0 Å². The lowest BCUT2D eigenvalue weighted by molar-refractivity contribution is 0.709. The molecule has 1 saturated carbocycles. The highest BCUT2D eigenvalue weighted by molar-refractivity contribution is 5.08. The molecular weight excluding hydrogens is 110 g/mol. The maximum absolute atomic E-state index is 3.92. The minimum Gasteiger partial charge on any atom is -0.392 e. The first-order chi connectivity index (χ1) is 4.29. The van der Waals surface area contributed by atoms with Crippen LogP contribution in [0.15, 0.2) is 12.3 Å². The van der Waals surface area contributed by atoms with Crippen LogP contribution in [0, 0.1) is 11.8 Å². The normalized spacial score (nSPS) is 31.8. The van der Waals surface area contributed by atoms with Crippen LogP contribution in [0.3, 0.4) is 0 Å². The van der Waals surface area contributed by atoms with E-state index in [2.05, 4.69) is 18.8 Å². The van der Waals surface area contributed by atoms with Crippen LogP contribution in [-0.2, 0) is 0 Å². The molecule has 0 aliphatic heterocycles. The Kier molecular flexibility index (Phi) is 1.79. The van der Waals surface area contributed by atoms with Crippen molar-refractivity contribution in [1.29, 1.82) is 0 Å². The van der Waals surface area contributed by atoms with E-state index in [1.54, 1.807) is 0 Å². The van der Waals surface area contributed by atoms with E-state index in [0.717, 1.165) is 11.8 Å². The van der Waals surface area contributed by atoms with E-state index < -0.39 is 0 Å². The summed E-state index contributed by atoms with van der Waals surface area (Å²) in [5.41, 5.74) is 1.22. The molecule has 0 heterocycles. The highest BCUT2D eigenvalue weighted by Crippen LogP contribution is 2.44. The van der Waals surface area contributed by atoms with E-state index in [1.165, 1.54) is 18.5 Å². The summed E-state index contributed by atoms with van der Waals surface area (Å²) in [6.45, 7) is 6.17. The summed E-state index contributed by atoms with van der Waals surface area (Å²) >= 11 is 0. The van der Waals surface area contributed by atoms with Crippen molar-refractivity contribution in [3.8, 4) is 0 Å². The summed E-state index contributed by atoms with van der Waals surface area (Å²) < 4.78 is 0. The van der Waals surface area contributed by atoms with Gasteiger partial charge >= 0.3 is 0 Å². The van der Waals surface area contributed by atoms with Gasteiger partial charge < -0.3 is 5.32 Å². The van der Waals surface area contributed by atoms with Gasteiger partial charge in [-0.2, -0.15) is 0 Å². The molecule has 0 aromatic carbocycles. The van der Waals surface area contributed by atoms with E-state index in [4.69, 9.17) is 0 Å². The van der Waals surface area contributed by atoms with Crippen molar-refractivity contribution in [2.45, 2.75) is 19.8 Å². The first-order valence-corrected chi connectivity index (χ1v) is 3.66. The van der Waals surface area contributed by atoms with Gasteiger partial charge in [0.25, 0.3) is 0 Å². The number of allylic oxidation sites excluding steroid dienone is 1. The molecule has 0 aromatic heterocycles. The van der Waals surface area contributed by atoms with Crippen molar-refractivity contribution in [1.82, 2.24) is 5.32 Å². The molecule has 0 radical (unpaired) electrons. The molecule has 1 aliphatic rings. The van der Waals surface area contributed by atoms with Crippen LogP contribution in [0.2, 0.25) is 0 Å². The Bertz CT molecular complexity index is 118. The second-order valence-corrected chi connectivity index (χ2v) is 2.79. The Morgan fingerprint density at radius 3 is 2.78 bits per heavy atom. The lowest BCUT2D eigenvalue weighted by Crippen LogP contribution is -2.06. The number of hydrogen-bond acceptors (Lipinski definition) is 1. The summed E-state index contributed by atoms with van der Waals surface area (Å²) in [4.78, 5) is 0. The van der Waals surface area contributed by atoms with Gasteiger partial charge in [0, 0.05) is 18.7 Å². The molecule has 1 aliphatic carbocycles. The fraction of sp³-hybridized carbons (Fsp3) is 0.750. The molecule has 1 nitrogen and oxygen atoms in total. The van der Waals surface area contributed by atoms with Gasteiger partial charge in [-0.05, 0) is 12.3 Å². The first kappa shape index (κ1) is 6.66. The van der Waals surface area contributed by atoms with Gasteiger partial charge in [0.15, 0.2) is 0 Å². The van der Waals surface area contributed by atoms with Gasteiger partial charge in [0.2, 0.25) is 0 Å². The predicted molar refractivity (Wildman–Crippen MR) is 40.1 cm³/mol. The van der Waals surface area contributed by atoms with Gasteiger partial charge in [-0.3, -0.25) is 0 Å². The third-order valence-corrected chi connectivity index (χ3v) is 2.22. The van der Waals surface area contributed by atoms with E-state index in [9.17, 15) is 0 Å². The maximum atomic E-state index is 3.92. The number of rotatable bonds is 3. The summed E-state index contributed by atoms with van der Waals surface area (Å²) in [7, 11) is 1.95.